The highest BCUT2D eigenvalue weighted by Gasteiger charge is 2.26. The van der Waals surface area contributed by atoms with Gasteiger partial charge in [0.15, 0.2) is 0 Å². The van der Waals surface area contributed by atoms with E-state index in [1.165, 1.54) is 5.01 Å². The fourth-order valence-corrected chi connectivity index (χ4v) is 1.82. The van der Waals surface area contributed by atoms with Crippen LogP contribution in [0.15, 0.2) is 5.10 Å². The largest absolute Gasteiger partial charge is 0.396 e. The van der Waals surface area contributed by atoms with Gasteiger partial charge in [0.1, 0.15) is 5.71 Å². The molecular weight excluding hydrogens is 234 g/mol. The Balaban J connectivity index is 2.77. The van der Waals surface area contributed by atoms with Gasteiger partial charge in [-0.3, -0.25) is 9.59 Å². The maximum atomic E-state index is 12.3. The first kappa shape index (κ1) is 14.6. The van der Waals surface area contributed by atoms with Crippen LogP contribution < -0.4 is 0 Å². The van der Waals surface area contributed by atoms with Crippen LogP contribution in [0.5, 0.6) is 0 Å². The molecule has 6 nitrogen and oxygen atoms in total. The molecule has 0 atom stereocenters. The lowest BCUT2D eigenvalue weighted by Crippen LogP contribution is -2.44. The van der Waals surface area contributed by atoms with Gasteiger partial charge >= 0.3 is 0 Å². The van der Waals surface area contributed by atoms with Crippen molar-refractivity contribution in [1.82, 2.24) is 9.91 Å². The van der Waals surface area contributed by atoms with Crippen LogP contribution in [0.2, 0.25) is 0 Å². The van der Waals surface area contributed by atoms with E-state index >= 15 is 0 Å². The van der Waals surface area contributed by atoms with Crippen molar-refractivity contribution < 1.29 is 14.7 Å². The Morgan fingerprint density at radius 1 is 1.50 bits per heavy atom. The molecule has 1 N–H and O–H groups in total. The number of carbonyl (C=O) groups excluding carboxylic acids is 2. The number of hydrogen-bond donors (Lipinski definition) is 1. The summed E-state index contributed by atoms with van der Waals surface area (Å²) in [5.41, 5.74) is 0.420. The molecule has 0 aromatic carbocycles. The van der Waals surface area contributed by atoms with Crippen LogP contribution in [-0.4, -0.2) is 58.8 Å². The maximum absolute atomic E-state index is 12.3. The zero-order valence-electron chi connectivity index (χ0n) is 11.2. The third-order valence-electron chi connectivity index (χ3n) is 2.90. The molecule has 0 aliphatic carbocycles. The molecular formula is C12H21N3O3. The quantitative estimate of drug-likeness (QED) is 0.763. The number of rotatable bonds is 5. The molecule has 0 bridgehead atoms. The second-order valence-electron chi connectivity index (χ2n) is 4.63. The fraction of sp³-hybridized carbons (Fsp3) is 0.750. The lowest BCUT2D eigenvalue weighted by Gasteiger charge is -2.29. The molecule has 1 rings (SSSR count). The Hall–Kier alpha value is -1.43. The van der Waals surface area contributed by atoms with E-state index in [9.17, 15) is 9.59 Å². The Labute approximate surface area is 107 Å². The molecule has 0 fully saturated rings. The minimum absolute atomic E-state index is 0.0506. The van der Waals surface area contributed by atoms with E-state index in [2.05, 4.69) is 5.10 Å². The maximum Gasteiger partial charge on any atom is 0.270 e. The molecule has 2 amide bonds. The van der Waals surface area contributed by atoms with E-state index < -0.39 is 0 Å². The average molecular weight is 255 g/mol. The minimum atomic E-state index is -0.141. The van der Waals surface area contributed by atoms with Gasteiger partial charge in [-0.15, -0.1) is 0 Å². The summed E-state index contributed by atoms with van der Waals surface area (Å²) in [6.07, 6.45) is 1.27. The summed E-state index contributed by atoms with van der Waals surface area (Å²) in [7, 11) is 1.56. The van der Waals surface area contributed by atoms with Crippen molar-refractivity contribution in [3.05, 3.63) is 0 Å². The van der Waals surface area contributed by atoms with Gasteiger partial charge in [0, 0.05) is 39.1 Å². The number of nitrogens with zero attached hydrogens (tertiary/aromatic N) is 3. The zero-order valence-corrected chi connectivity index (χ0v) is 11.2. The van der Waals surface area contributed by atoms with E-state index in [-0.39, 0.29) is 24.5 Å². The van der Waals surface area contributed by atoms with Crippen molar-refractivity contribution in [3.63, 3.8) is 0 Å². The van der Waals surface area contributed by atoms with Gasteiger partial charge < -0.3 is 10.0 Å². The lowest BCUT2D eigenvalue weighted by atomic mass is 10.1. The SMILES string of the molecule is CC(C)N(CCCO)C(=O)C1=NN(C)C(=O)CC1. The van der Waals surface area contributed by atoms with Gasteiger partial charge in [0.25, 0.3) is 5.91 Å². The Bertz CT molecular complexity index is 352. The molecule has 1 aliphatic heterocycles. The monoisotopic (exact) mass is 255 g/mol. The Kier molecular flexibility index (Phi) is 5.27. The zero-order chi connectivity index (χ0) is 13.7. The van der Waals surface area contributed by atoms with Crippen molar-refractivity contribution in [2.24, 2.45) is 5.10 Å². The van der Waals surface area contributed by atoms with Crippen molar-refractivity contribution in [2.45, 2.75) is 39.2 Å². The third kappa shape index (κ3) is 3.53. The number of hydrogen-bond acceptors (Lipinski definition) is 4. The fourth-order valence-electron chi connectivity index (χ4n) is 1.82. The topological polar surface area (TPSA) is 73.2 Å². The van der Waals surface area contributed by atoms with Gasteiger partial charge in [0.2, 0.25) is 5.91 Å². The highest BCUT2D eigenvalue weighted by molar-refractivity contribution is 6.39. The van der Waals surface area contributed by atoms with Gasteiger partial charge in [-0.2, -0.15) is 5.10 Å². The van der Waals surface area contributed by atoms with Gasteiger partial charge in [-0.1, -0.05) is 0 Å². The van der Waals surface area contributed by atoms with Crippen LogP contribution in [-0.2, 0) is 9.59 Å². The van der Waals surface area contributed by atoms with E-state index in [0.717, 1.165) is 0 Å². The predicted molar refractivity (Wildman–Crippen MR) is 68.0 cm³/mol. The summed E-state index contributed by atoms with van der Waals surface area (Å²) < 4.78 is 0. The average Bonchev–Trinajstić information content (AvgIpc) is 2.32. The molecule has 6 heteroatoms. The predicted octanol–water partition coefficient (Wildman–Crippen LogP) is 0.214. The second kappa shape index (κ2) is 6.49. The molecule has 0 saturated carbocycles. The summed E-state index contributed by atoms with van der Waals surface area (Å²) in [4.78, 5) is 25.3. The van der Waals surface area contributed by atoms with Gasteiger partial charge in [0.05, 0.1) is 0 Å². The summed E-state index contributed by atoms with van der Waals surface area (Å²) in [6.45, 7) is 4.41. The Morgan fingerprint density at radius 3 is 2.67 bits per heavy atom. The molecule has 0 aromatic heterocycles. The molecule has 0 saturated heterocycles. The molecule has 0 unspecified atom stereocenters. The van der Waals surface area contributed by atoms with Crippen LogP contribution in [0.4, 0.5) is 0 Å². The summed E-state index contributed by atoms with van der Waals surface area (Å²) in [5, 5.41) is 14.1. The van der Waals surface area contributed by atoms with Crippen LogP contribution in [0.25, 0.3) is 0 Å². The first-order valence-corrected chi connectivity index (χ1v) is 6.23. The highest BCUT2D eigenvalue weighted by atomic mass is 16.3. The summed E-state index contributed by atoms with van der Waals surface area (Å²) >= 11 is 0. The molecule has 1 heterocycles. The molecule has 0 aromatic rings. The number of aliphatic hydroxyl groups excluding tert-OH is 1. The summed E-state index contributed by atoms with van der Waals surface area (Å²) in [5.74, 6) is -0.212. The van der Waals surface area contributed by atoms with Crippen LogP contribution in [0.1, 0.15) is 33.1 Å². The first-order valence-electron chi connectivity index (χ1n) is 6.23. The van der Waals surface area contributed by atoms with Crippen molar-refractivity contribution in [3.8, 4) is 0 Å². The van der Waals surface area contributed by atoms with E-state index in [4.69, 9.17) is 5.11 Å². The normalized spacial score (nSPS) is 15.9. The van der Waals surface area contributed by atoms with E-state index in [1.807, 2.05) is 13.8 Å². The minimum Gasteiger partial charge on any atom is -0.396 e. The van der Waals surface area contributed by atoms with Crippen molar-refractivity contribution in [1.29, 1.82) is 0 Å². The number of amides is 2. The van der Waals surface area contributed by atoms with Crippen molar-refractivity contribution >= 4 is 17.5 Å². The summed E-state index contributed by atoms with van der Waals surface area (Å²) in [6, 6.07) is 0.0506. The van der Waals surface area contributed by atoms with Crippen LogP contribution in [0, 0.1) is 0 Å². The first-order chi connectivity index (χ1) is 8.47. The van der Waals surface area contributed by atoms with Crippen LogP contribution >= 0.6 is 0 Å². The van der Waals surface area contributed by atoms with Crippen LogP contribution in [0.3, 0.4) is 0 Å². The second-order valence-corrected chi connectivity index (χ2v) is 4.63. The standard InChI is InChI=1S/C12H21N3O3/c1-9(2)15(7-4-8-16)12(18)10-5-6-11(17)14(3)13-10/h9,16H,4-8H2,1-3H3. The molecule has 18 heavy (non-hydrogen) atoms. The highest BCUT2D eigenvalue weighted by Crippen LogP contribution is 2.11. The molecule has 1 aliphatic rings. The lowest BCUT2D eigenvalue weighted by molar-refractivity contribution is -0.131. The Morgan fingerprint density at radius 2 is 2.17 bits per heavy atom. The van der Waals surface area contributed by atoms with Gasteiger partial charge in [-0.25, -0.2) is 5.01 Å². The number of hydrazone groups is 1. The smallest absolute Gasteiger partial charge is 0.270 e. The van der Waals surface area contributed by atoms with Crippen molar-refractivity contribution in [2.75, 3.05) is 20.2 Å². The third-order valence-corrected chi connectivity index (χ3v) is 2.90. The molecule has 0 radical (unpaired) electrons. The van der Waals surface area contributed by atoms with E-state index in [1.54, 1.807) is 11.9 Å². The molecule has 0 spiro atoms. The number of carbonyl (C=O) groups is 2. The van der Waals surface area contributed by atoms with Gasteiger partial charge in [-0.05, 0) is 20.3 Å². The number of aliphatic hydroxyl groups is 1. The van der Waals surface area contributed by atoms with E-state index in [0.29, 0.717) is 31.5 Å². The molecule has 102 valence electrons.